The maximum atomic E-state index is 11.9. The zero-order chi connectivity index (χ0) is 11.9. The van der Waals surface area contributed by atoms with Gasteiger partial charge in [-0.15, -0.1) is 0 Å². The number of carbonyl (C=O) groups is 1. The van der Waals surface area contributed by atoms with Gasteiger partial charge in [0.15, 0.2) is 0 Å². The van der Waals surface area contributed by atoms with Crippen molar-refractivity contribution in [2.24, 2.45) is 11.8 Å². The normalized spacial score (nSPS) is 23.5. The van der Waals surface area contributed by atoms with Crippen molar-refractivity contribution in [3.8, 4) is 0 Å². The zero-order valence-corrected chi connectivity index (χ0v) is 10.8. The van der Waals surface area contributed by atoms with Gasteiger partial charge in [-0.2, -0.15) is 0 Å². The van der Waals surface area contributed by atoms with E-state index in [2.05, 4.69) is 10.6 Å². The van der Waals surface area contributed by atoms with Gasteiger partial charge in [0.1, 0.15) is 0 Å². The highest BCUT2D eigenvalue weighted by atomic mass is 16.1. The molecule has 0 radical (unpaired) electrons. The molecule has 1 amide bonds. The molecule has 0 unspecified atom stereocenters. The zero-order valence-electron chi connectivity index (χ0n) is 10.8. The van der Waals surface area contributed by atoms with E-state index < -0.39 is 0 Å². The van der Waals surface area contributed by atoms with Crippen LogP contribution < -0.4 is 10.6 Å². The molecule has 0 spiro atoms. The molecule has 0 aromatic rings. The van der Waals surface area contributed by atoms with E-state index in [0.717, 1.165) is 38.4 Å². The Kier molecular flexibility index (Phi) is 5.30. The Bertz CT molecular complexity index is 230. The average molecular weight is 238 g/mol. The number of amides is 1. The van der Waals surface area contributed by atoms with Crippen LogP contribution in [0.4, 0.5) is 0 Å². The molecule has 0 aromatic carbocycles. The van der Waals surface area contributed by atoms with E-state index in [1.54, 1.807) is 0 Å². The van der Waals surface area contributed by atoms with Crippen LogP contribution in [0, 0.1) is 11.8 Å². The van der Waals surface area contributed by atoms with Gasteiger partial charge in [-0.1, -0.05) is 32.1 Å². The predicted molar refractivity (Wildman–Crippen MR) is 69.8 cm³/mol. The minimum absolute atomic E-state index is 0.266. The first kappa shape index (κ1) is 12.9. The van der Waals surface area contributed by atoms with Gasteiger partial charge < -0.3 is 10.6 Å². The fraction of sp³-hybridized carbons (Fsp3) is 0.929. The molecule has 0 atom stereocenters. The van der Waals surface area contributed by atoms with Crippen LogP contribution >= 0.6 is 0 Å². The molecule has 1 heterocycles. The number of nitrogens with one attached hydrogen (secondary N) is 2. The highest BCUT2D eigenvalue weighted by Crippen LogP contribution is 2.25. The smallest absolute Gasteiger partial charge is 0.223 e. The third-order valence-electron chi connectivity index (χ3n) is 4.29. The highest BCUT2D eigenvalue weighted by Gasteiger charge is 2.20. The highest BCUT2D eigenvalue weighted by molar-refractivity contribution is 5.78. The molecule has 1 aliphatic carbocycles. The van der Waals surface area contributed by atoms with Gasteiger partial charge in [0, 0.05) is 12.5 Å². The summed E-state index contributed by atoms with van der Waals surface area (Å²) in [4.78, 5) is 11.9. The van der Waals surface area contributed by atoms with E-state index in [9.17, 15) is 4.79 Å². The van der Waals surface area contributed by atoms with Gasteiger partial charge in [-0.3, -0.25) is 4.79 Å². The van der Waals surface area contributed by atoms with Gasteiger partial charge in [0.05, 0.1) is 0 Å². The minimum Gasteiger partial charge on any atom is -0.356 e. The molecule has 2 aliphatic rings. The SMILES string of the molecule is O=C(NCCC1CCCCC1)C1CCNCC1. The molecule has 2 rings (SSSR count). The van der Waals surface area contributed by atoms with E-state index in [0.29, 0.717) is 5.91 Å². The van der Waals surface area contributed by atoms with Crippen LogP contribution in [0.5, 0.6) is 0 Å². The molecule has 3 heteroatoms. The molecule has 17 heavy (non-hydrogen) atoms. The van der Waals surface area contributed by atoms with Crippen LogP contribution in [0.1, 0.15) is 51.4 Å². The van der Waals surface area contributed by atoms with E-state index in [-0.39, 0.29) is 5.92 Å². The van der Waals surface area contributed by atoms with Crippen LogP contribution in [0.25, 0.3) is 0 Å². The second kappa shape index (κ2) is 7.00. The fourth-order valence-electron chi connectivity index (χ4n) is 3.10. The molecule has 1 saturated carbocycles. The third-order valence-corrected chi connectivity index (χ3v) is 4.29. The molecule has 2 fully saturated rings. The van der Waals surface area contributed by atoms with Gasteiger partial charge in [0.2, 0.25) is 5.91 Å². The van der Waals surface area contributed by atoms with Crippen molar-refractivity contribution in [1.82, 2.24) is 10.6 Å². The first-order valence-corrected chi connectivity index (χ1v) is 7.34. The minimum atomic E-state index is 0.266. The van der Waals surface area contributed by atoms with Gasteiger partial charge in [0.25, 0.3) is 0 Å². The van der Waals surface area contributed by atoms with Crippen LogP contribution in [-0.4, -0.2) is 25.5 Å². The first-order chi connectivity index (χ1) is 8.36. The fourth-order valence-corrected chi connectivity index (χ4v) is 3.10. The lowest BCUT2D eigenvalue weighted by Gasteiger charge is -2.24. The second-order valence-electron chi connectivity index (χ2n) is 5.61. The van der Waals surface area contributed by atoms with E-state index in [1.807, 2.05) is 0 Å². The van der Waals surface area contributed by atoms with Gasteiger partial charge >= 0.3 is 0 Å². The first-order valence-electron chi connectivity index (χ1n) is 7.34. The van der Waals surface area contributed by atoms with Gasteiger partial charge in [-0.25, -0.2) is 0 Å². The molecular formula is C14H26N2O. The van der Waals surface area contributed by atoms with Crippen LogP contribution in [0.3, 0.4) is 0 Å². The maximum absolute atomic E-state index is 11.9. The van der Waals surface area contributed by atoms with E-state index in [4.69, 9.17) is 0 Å². The summed E-state index contributed by atoms with van der Waals surface area (Å²) in [6.45, 7) is 2.90. The topological polar surface area (TPSA) is 41.1 Å². The summed E-state index contributed by atoms with van der Waals surface area (Å²) < 4.78 is 0. The second-order valence-corrected chi connectivity index (χ2v) is 5.61. The van der Waals surface area contributed by atoms with Crippen molar-refractivity contribution in [3.63, 3.8) is 0 Å². The summed E-state index contributed by atoms with van der Waals surface area (Å²) in [5, 5.41) is 6.43. The predicted octanol–water partition coefficient (Wildman–Crippen LogP) is 2.07. The van der Waals surface area contributed by atoms with Crippen LogP contribution in [0.2, 0.25) is 0 Å². The Hall–Kier alpha value is -0.570. The Morgan fingerprint density at radius 2 is 1.76 bits per heavy atom. The number of rotatable bonds is 4. The average Bonchev–Trinajstić information content (AvgIpc) is 2.41. The Balaban J connectivity index is 1.58. The summed E-state index contributed by atoms with van der Waals surface area (Å²) in [5.41, 5.74) is 0. The lowest BCUT2D eigenvalue weighted by Crippen LogP contribution is -2.38. The summed E-state index contributed by atoms with van der Waals surface area (Å²) in [5.74, 6) is 1.43. The third kappa shape index (κ3) is 4.30. The summed E-state index contributed by atoms with van der Waals surface area (Å²) in [7, 11) is 0. The van der Waals surface area contributed by atoms with Crippen LogP contribution in [0.15, 0.2) is 0 Å². The van der Waals surface area contributed by atoms with Crippen molar-refractivity contribution >= 4 is 5.91 Å². The number of hydrogen-bond acceptors (Lipinski definition) is 2. The lowest BCUT2D eigenvalue weighted by atomic mass is 9.87. The summed E-state index contributed by atoms with van der Waals surface area (Å²) >= 11 is 0. The molecule has 0 bridgehead atoms. The molecule has 1 saturated heterocycles. The standard InChI is InChI=1S/C14H26N2O/c17-14(13-7-9-15-10-8-13)16-11-6-12-4-2-1-3-5-12/h12-13,15H,1-11H2,(H,16,17). The lowest BCUT2D eigenvalue weighted by molar-refractivity contribution is -0.125. The Morgan fingerprint density at radius 1 is 1.06 bits per heavy atom. The molecule has 3 nitrogen and oxygen atoms in total. The van der Waals surface area contributed by atoms with Crippen molar-refractivity contribution < 1.29 is 4.79 Å². The monoisotopic (exact) mass is 238 g/mol. The van der Waals surface area contributed by atoms with Gasteiger partial charge in [-0.05, 0) is 38.3 Å². The summed E-state index contributed by atoms with van der Waals surface area (Å²) in [6.07, 6.45) is 10.2. The Labute approximate surface area is 105 Å². The molecular weight excluding hydrogens is 212 g/mol. The molecule has 0 aromatic heterocycles. The quantitative estimate of drug-likeness (QED) is 0.787. The largest absolute Gasteiger partial charge is 0.356 e. The molecule has 98 valence electrons. The summed E-state index contributed by atoms with van der Waals surface area (Å²) in [6, 6.07) is 0. The van der Waals surface area contributed by atoms with Crippen molar-refractivity contribution in [2.45, 2.75) is 51.4 Å². The maximum Gasteiger partial charge on any atom is 0.223 e. The number of hydrogen-bond donors (Lipinski definition) is 2. The number of carbonyl (C=O) groups excluding carboxylic acids is 1. The molecule has 1 aliphatic heterocycles. The number of piperidine rings is 1. The van der Waals surface area contributed by atoms with Crippen molar-refractivity contribution in [1.29, 1.82) is 0 Å². The van der Waals surface area contributed by atoms with E-state index in [1.165, 1.54) is 38.5 Å². The van der Waals surface area contributed by atoms with Crippen LogP contribution in [-0.2, 0) is 4.79 Å². The van der Waals surface area contributed by atoms with E-state index >= 15 is 0 Å². The van der Waals surface area contributed by atoms with Crippen molar-refractivity contribution in [3.05, 3.63) is 0 Å². The van der Waals surface area contributed by atoms with Crippen molar-refractivity contribution in [2.75, 3.05) is 19.6 Å². The molecule has 2 N–H and O–H groups in total. The Morgan fingerprint density at radius 3 is 2.47 bits per heavy atom.